The highest BCUT2D eigenvalue weighted by Crippen LogP contribution is 2.27. The van der Waals surface area contributed by atoms with Crippen LogP contribution in [0.5, 0.6) is 5.88 Å². The zero-order valence-electron chi connectivity index (χ0n) is 12.6. The molecule has 1 amide bonds. The number of nitrogens with zero attached hydrogens (tertiary/aromatic N) is 1. The summed E-state index contributed by atoms with van der Waals surface area (Å²) in [6, 6.07) is 7.87. The van der Waals surface area contributed by atoms with Crippen LogP contribution in [-0.4, -0.2) is 31.7 Å². The number of aromatic nitrogens is 1. The number of para-hydroxylation sites is 1. The molecule has 0 bridgehead atoms. The van der Waals surface area contributed by atoms with E-state index in [0.29, 0.717) is 0 Å². The molecule has 0 radical (unpaired) electrons. The van der Waals surface area contributed by atoms with E-state index in [1.807, 2.05) is 0 Å². The van der Waals surface area contributed by atoms with E-state index >= 15 is 0 Å². The van der Waals surface area contributed by atoms with Crippen LogP contribution in [0, 0.1) is 0 Å². The fourth-order valence-corrected chi connectivity index (χ4v) is 2.80. The number of anilines is 1. The van der Waals surface area contributed by atoms with Gasteiger partial charge in [0.05, 0.1) is 17.2 Å². The van der Waals surface area contributed by atoms with Crippen molar-refractivity contribution in [3.8, 4) is 5.88 Å². The predicted octanol–water partition coefficient (Wildman–Crippen LogP) is 2.73. The lowest BCUT2D eigenvalue weighted by molar-refractivity contribution is 0.102. The maximum atomic E-state index is 12.8. The number of nitrogens with one attached hydrogen (secondary N) is 1. The van der Waals surface area contributed by atoms with Crippen molar-refractivity contribution >= 4 is 21.4 Å². The maximum absolute atomic E-state index is 12.8. The van der Waals surface area contributed by atoms with E-state index in [9.17, 15) is 22.0 Å². The predicted molar refractivity (Wildman–Crippen MR) is 83.0 cm³/mol. The van der Waals surface area contributed by atoms with E-state index in [-0.39, 0.29) is 23.7 Å². The molecule has 0 aliphatic rings. The highest BCUT2D eigenvalue weighted by Gasteiger charge is 2.29. The quantitative estimate of drug-likeness (QED) is 0.860. The Hall–Kier alpha value is -2.55. The maximum Gasteiger partial charge on any atom is 0.341 e. The van der Waals surface area contributed by atoms with Crippen LogP contribution in [0.2, 0.25) is 0 Å². The highest BCUT2D eigenvalue weighted by molar-refractivity contribution is 7.91. The Morgan fingerprint density at radius 1 is 1.25 bits per heavy atom. The lowest BCUT2D eigenvalue weighted by atomic mass is 10.2. The van der Waals surface area contributed by atoms with Crippen LogP contribution in [0.15, 0.2) is 47.5 Å². The molecule has 9 heteroatoms. The Bertz CT molecular complexity index is 841. The minimum absolute atomic E-state index is 0.0589. The molecule has 0 saturated carbocycles. The number of carbonyl (C=O) groups excluding carboxylic acids is 1. The molecular formula is C15H14F2N2O4S. The average molecular weight is 356 g/mol. The molecule has 0 saturated heterocycles. The van der Waals surface area contributed by atoms with Gasteiger partial charge in [-0.1, -0.05) is 12.1 Å². The number of ether oxygens (including phenoxy) is 1. The highest BCUT2D eigenvalue weighted by atomic mass is 32.2. The van der Waals surface area contributed by atoms with E-state index < -0.39 is 26.4 Å². The monoisotopic (exact) mass is 356 g/mol. The van der Waals surface area contributed by atoms with Crippen molar-refractivity contribution in [3.05, 3.63) is 48.2 Å². The number of alkyl halides is 2. The SMILES string of the molecule is CCOc1ncccc1C(=O)Nc1ccccc1S(=O)(=O)C(F)F. The Morgan fingerprint density at radius 2 is 1.96 bits per heavy atom. The second-order valence-corrected chi connectivity index (χ2v) is 6.43. The molecule has 2 rings (SSSR count). The number of amides is 1. The molecule has 1 aromatic heterocycles. The topological polar surface area (TPSA) is 85.4 Å². The summed E-state index contributed by atoms with van der Waals surface area (Å²) in [6.45, 7) is 1.98. The summed E-state index contributed by atoms with van der Waals surface area (Å²) in [6.07, 6.45) is 1.43. The minimum atomic E-state index is -4.85. The van der Waals surface area contributed by atoms with Crippen molar-refractivity contribution in [1.82, 2.24) is 4.98 Å². The Balaban J connectivity index is 2.38. The standard InChI is InChI=1S/C15H14F2N2O4S/c1-2-23-14-10(6-5-9-18-14)13(20)19-11-7-3-4-8-12(11)24(21,22)15(16)17/h3-9,15H,2H2,1H3,(H,19,20). The van der Waals surface area contributed by atoms with Crippen molar-refractivity contribution in [2.45, 2.75) is 17.6 Å². The van der Waals surface area contributed by atoms with Gasteiger partial charge in [-0.2, -0.15) is 8.78 Å². The number of hydrogen-bond acceptors (Lipinski definition) is 5. The molecule has 6 nitrogen and oxygen atoms in total. The Labute approximate surface area is 137 Å². The summed E-state index contributed by atoms with van der Waals surface area (Å²) in [5, 5.41) is 2.32. The van der Waals surface area contributed by atoms with Gasteiger partial charge in [-0.05, 0) is 31.2 Å². The number of hydrogen-bond donors (Lipinski definition) is 1. The van der Waals surface area contributed by atoms with Gasteiger partial charge in [0, 0.05) is 6.20 Å². The normalized spacial score (nSPS) is 11.3. The first-order chi connectivity index (χ1) is 11.4. The largest absolute Gasteiger partial charge is 0.477 e. The van der Waals surface area contributed by atoms with Gasteiger partial charge in [-0.25, -0.2) is 13.4 Å². The number of pyridine rings is 1. The summed E-state index contributed by atoms with van der Waals surface area (Å²) >= 11 is 0. The smallest absolute Gasteiger partial charge is 0.341 e. The molecule has 0 fully saturated rings. The van der Waals surface area contributed by atoms with Crippen LogP contribution < -0.4 is 10.1 Å². The number of halogens is 2. The lowest BCUT2D eigenvalue weighted by Gasteiger charge is -2.12. The second-order valence-electron chi connectivity index (χ2n) is 4.55. The number of carbonyl (C=O) groups is 1. The van der Waals surface area contributed by atoms with Gasteiger partial charge in [0.25, 0.3) is 5.91 Å². The van der Waals surface area contributed by atoms with Crippen LogP contribution in [0.1, 0.15) is 17.3 Å². The fourth-order valence-electron chi connectivity index (χ4n) is 1.92. The Morgan fingerprint density at radius 3 is 2.62 bits per heavy atom. The van der Waals surface area contributed by atoms with Gasteiger partial charge in [0.1, 0.15) is 5.56 Å². The average Bonchev–Trinajstić information content (AvgIpc) is 2.55. The van der Waals surface area contributed by atoms with E-state index in [2.05, 4.69) is 10.3 Å². The van der Waals surface area contributed by atoms with Crippen molar-refractivity contribution in [3.63, 3.8) is 0 Å². The van der Waals surface area contributed by atoms with Crippen LogP contribution in [0.3, 0.4) is 0 Å². The van der Waals surface area contributed by atoms with Gasteiger partial charge in [-0.3, -0.25) is 4.79 Å². The van der Waals surface area contributed by atoms with E-state index in [0.717, 1.165) is 6.07 Å². The molecule has 1 aromatic carbocycles. The molecule has 2 aromatic rings. The molecule has 0 spiro atoms. The van der Waals surface area contributed by atoms with Crippen molar-refractivity contribution in [2.75, 3.05) is 11.9 Å². The molecule has 0 unspecified atom stereocenters. The zero-order valence-corrected chi connectivity index (χ0v) is 13.4. The van der Waals surface area contributed by atoms with Crippen LogP contribution in [0.4, 0.5) is 14.5 Å². The van der Waals surface area contributed by atoms with Crippen LogP contribution in [0.25, 0.3) is 0 Å². The molecule has 128 valence electrons. The van der Waals surface area contributed by atoms with Crippen LogP contribution in [-0.2, 0) is 9.84 Å². The Kier molecular flexibility index (Phi) is 5.45. The number of benzene rings is 1. The second kappa shape index (κ2) is 7.35. The number of rotatable bonds is 6. The van der Waals surface area contributed by atoms with Gasteiger partial charge in [-0.15, -0.1) is 0 Å². The summed E-state index contributed by atoms with van der Waals surface area (Å²) < 4.78 is 54.2. The summed E-state index contributed by atoms with van der Waals surface area (Å²) in [5.74, 6) is -4.25. The van der Waals surface area contributed by atoms with Gasteiger partial charge in [0.2, 0.25) is 15.7 Å². The van der Waals surface area contributed by atoms with E-state index in [1.165, 1.54) is 36.5 Å². The van der Waals surface area contributed by atoms with Crippen molar-refractivity contribution < 1.29 is 26.7 Å². The first-order valence-electron chi connectivity index (χ1n) is 6.88. The third-order valence-corrected chi connectivity index (χ3v) is 4.41. The first kappa shape index (κ1) is 17.8. The lowest BCUT2D eigenvalue weighted by Crippen LogP contribution is -2.18. The molecule has 1 heterocycles. The molecule has 0 aliphatic carbocycles. The molecule has 24 heavy (non-hydrogen) atoms. The third-order valence-electron chi connectivity index (χ3n) is 2.97. The summed E-state index contributed by atoms with van der Waals surface area (Å²) in [7, 11) is -4.85. The third kappa shape index (κ3) is 3.67. The van der Waals surface area contributed by atoms with Gasteiger partial charge < -0.3 is 10.1 Å². The van der Waals surface area contributed by atoms with Crippen molar-refractivity contribution in [2.24, 2.45) is 0 Å². The zero-order chi connectivity index (χ0) is 17.7. The summed E-state index contributed by atoms with van der Waals surface area (Å²) in [4.78, 5) is 15.6. The fraction of sp³-hybridized carbons (Fsp3) is 0.200. The first-order valence-corrected chi connectivity index (χ1v) is 8.42. The molecule has 0 atom stereocenters. The minimum Gasteiger partial charge on any atom is -0.477 e. The van der Waals surface area contributed by atoms with Gasteiger partial charge in [0.15, 0.2) is 0 Å². The molecule has 0 aliphatic heterocycles. The molecule has 1 N–H and O–H groups in total. The summed E-state index contributed by atoms with van der Waals surface area (Å²) in [5.41, 5.74) is -0.183. The number of sulfone groups is 1. The van der Waals surface area contributed by atoms with Crippen molar-refractivity contribution in [1.29, 1.82) is 0 Å². The van der Waals surface area contributed by atoms with E-state index in [4.69, 9.17) is 4.74 Å². The molecular weight excluding hydrogens is 342 g/mol. The van der Waals surface area contributed by atoms with E-state index in [1.54, 1.807) is 6.92 Å². The van der Waals surface area contributed by atoms with Gasteiger partial charge >= 0.3 is 5.76 Å². The van der Waals surface area contributed by atoms with Crippen LogP contribution >= 0.6 is 0 Å².